The van der Waals surface area contributed by atoms with Crippen molar-refractivity contribution in [3.8, 4) is 11.5 Å². The first kappa shape index (κ1) is 11.1. The fourth-order valence-corrected chi connectivity index (χ4v) is 1.36. The van der Waals surface area contributed by atoms with Crippen LogP contribution in [0.1, 0.15) is 16.1 Å². The Morgan fingerprint density at radius 3 is 2.82 bits per heavy atom. The maximum atomic E-state index is 10.4. The molecule has 2 rings (SSSR count). The molecule has 0 aliphatic heterocycles. The maximum Gasteiger partial charge on any atom is 0.168 e. The van der Waals surface area contributed by atoms with Crippen molar-refractivity contribution in [3.63, 3.8) is 0 Å². The summed E-state index contributed by atoms with van der Waals surface area (Å²) in [7, 11) is 0. The van der Waals surface area contributed by atoms with Crippen LogP contribution >= 0.6 is 0 Å². The van der Waals surface area contributed by atoms with Crippen molar-refractivity contribution in [2.45, 2.75) is 6.61 Å². The number of nitrogens with zero attached hydrogens (tertiary/aromatic N) is 1. The normalized spacial score (nSPS) is 9.88. The number of aromatic nitrogens is 1. The molecule has 0 saturated heterocycles. The molecule has 4 nitrogen and oxygen atoms in total. The number of ether oxygens (including phenoxy) is 1. The first-order valence-corrected chi connectivity index (χ1v) is 5.10. The molecule has 0 fully saturated rings. The molecule has 0 atom stereocenters. The van der Waals surface area contributed by atoms with Crippen LogP contribution in [0.4, 0.5) is 0 Å². The lowest BCUT2D eigenvalue weighted by Crippen LogP contribution is -1.96. The molecule has 2 aromatic rings. The number of benzene rings is 1. The van der Waals surface area contributed by atoms with Crippen LogP contribution in [0.25, 0.3) is 0 Å². The van der Waals surface area contributed by atoms with E-state index in [4.69, 9.17) is 4.74 Å². The quantitative estimate of drug-likeness (QED) is 0.816. The average Bonchev–Trinajstić information content (AvgIpc) is 2.37. The average molecular weight is 229 g/mol. The van der Waals surface area contributed by atoms with Gasteiger partial charge >= 0.3 is 0 Å². The van der Waals surface area contributed by atoms with Crippen LogP contribution in [-0.2, 0) is 6.61 Å². The zero-order chi connectivity index (χ0) is 12.1. The van der Waals surface area contributed by atoms with Crippen molar-refractivity contribution < 1.29 is 14.6 Å². The van der Waals surface area contributed by atoms with Crippen LogP contribution in [-0.4, -0.2) is 16.4 Å². The highest BCUT2D eigenvalue weighted by molar-refractivity contribution is 5.71. The summed E-state index contributed by atoms with van der Waals surface area (Å²) in [5.41, 5.74) is 1.24. The second-order valence-electron chi connectivity index (χ2n) is 3.50. The summed E-state index contributed by atoms with van der Waals surface area (Å²) in [4.78, 5) is 14.3. The lowest BCUT2D eigenvalue weighted by molar-refractivity contribution is 0.111. The van der Waals surface area contributed by atoms with Crippen molar-refractivity contribution in [1.29, 1.82) is 0 Å². The monoisotopic (exact) mass is 229 g/mol. The van der Waals surface area contributed by atoms with Crippen LogP contribution < -0.4 is 4.74 Å². The van der Waals surface area contributed by atoms with Crippen molar-refractivity contribution in [3.05, 3.63) is 53.9 Å². The highest BCUT2D eigenvalue weighted by atomic mass is 16.5. The van der Waals surface area contributed by atoms with Gasteiger partial charge in [-0.1, -0.05) is 12.1 Å². The molecule has 1 heterocycles. The van der Waals surface area contributed by atoms with E-state index < -0.39 is 0 Å². The van der Waals surface area contributed by atoms with Crippen molar-refractivity contribution in [2.24, 2.45) is 0 Å². The minimum atomic E-state index is 0.209. The van der Waals surface area contributed by atoms with E-state index >= 15 is 0 Å². The Kier molecular flexibility index (Phi) is 3.35. The second kappa shape index (κ2) is 5.12. The smallest absolute Gasteiger partial charge is 0.168 e. The Labute approximate surface area is 98.5 Å². The van der Waals surface area contributed by atoms with E-state index in [2.05, 4.69) is 4.98 Å². The topological polar surface area (TPSA) is 59.4 Å². The van der Waals surface area contributed by atoms with Crippen molar-refractivity contribution >= 4 is 6.29 Å². The van der Waals surface area contributed by atoms with Gasteiger partial charge in [-0.05, 0) is 29.8 Å². The van der Waals surface area contributed by atoms with Gasteiger partial charge in [-0.2, -0.15) is 0 Å². The van der Waals surface area contributed by atoms with Gasteiger partial charge in [0.2, 0.25) is 0 Å². The number of pyridine rings is 1. The molecular weight excluding hydrogens is 218 g/mol. The molecule has 1 N–H and O–H groups in total. The summed E-state index contributed by atoms with van der Waals surface area (Å²) in [6.45, 7) is 0.344. The molecule has 0 saturated carbocycles. The molecule has 1 aromatic heterocycles. The number of hydrogen-bond donors (Lipinski definition) is 1. The van der Waals surface area contributed by atoms with Gasteiger partial charge < -0.3 is 9.84 Å². The summed E-state index contributed by atoms with van der Waals surface area (Å²) in [6.07, 6.45) is 2.17. The number of phenols is 1. The molecule has 1 aromatic carbocycles. The Morgan fingerprint density at radius 1 is 1.29 bits per heavy atom. The highest BCUT2D eigenvalue weighted by Crippen LogP contribution is 2.14. The summed E-state index contributed by atoms with van der Waals surface area (Å²) in [6, 6.07) is 10.1. The molecule has 0 unspecified atom stereocenters. The summed E-state index contributed by atoms with van der Waals surface area (Å²) < 4.78 is 5.46. The lowest BCUT2D eigenvalue weighted by Gasteiger charge is -2.06. The van der Waals surface area contributed by atoms with E-state index in [0.29, 0.717) is 24.3 Å². The standard InChI is InChI=1S/C13H11NO3/c15-8-11-4-5-13(7-14-11)17-9-10-2-1-3-12(16)6-10/h1-8,16H,9H2. The predicted molar refractivity (Wildman–Crippen MR) is 62.1 cm³/mol. The molecule has 0 bridgehead atoms. The second-order valence-corrected chi connectivity index (χ2v) is 3.50. The van der Waals surface area contributed by atoms with E-state index in [0.717, 1.165) is 5.56 Å². The van der Waals surface area contributed by atoms with E-state index in [9.17, 15) is 9.90 Å². The predicted octanol–water partition coefficient (Wildman–Crippen LogP) is 2.18. The minimum absolute atomic E-state index is 0.209. The van der Waals surface area contributed by atoms with Crippen molar-refractivity contribution in [2.75, 3.05) is 0 Å². The number of hydrogen-bond acceptors (Lipinski definition) is 4. The van der Waals surface area contributed by atoms with Crippen molar-refractivity contribution in [1.82, 2.24) is 4.98 Å². The zero-order valence-electron chi connectivity index (χ0n) is 9.04. The summed E-state index contributed by atoms with van der Waals surface area (Å²) >= 11 is 0. The number of aromatic hydroxyl groups is 1. The van der Waals surface area contributed by atoms with Gasteiger partial charge in [0.15, 0.2) is 6.29 Å². The molecule has 4 heteroatoms. The molecule has 0 amide bonds. The third kappa shape index (κ3) is 3.04. The van der Waals surface area contributed by atoms with Crippen LogP contribution in [0, 0.1) is 0 Å². The van der Waals surface area contributed by atoms with Gasteiger partial charge in [0, 0.05) is 0 Å². The van der Waals surface area contributed by atoms with Crippen LogP contribution in [0.3, 0.4) is 0 Å². The number of rotatable bonds is 4. The van der Waals surface area contributed by atoms with E-state index in [1.54, 1.807) is 30.3 Å². The number of phenolic OH excluding ortho intramolecular Hbond substituents is 1. The number of carbonyl (C=O) groups excluding carboxylic acids is 1. The van der Waals surface area contributed by atoms with Gasteiger partial charge in [-0.15, -0.1) is 0 Å². The first-order chi connectivity index (χ1) is 8.28. The Balaban J connectivity index is 1.99. The Bertz CT molecular complexity index is 508. The summed E-state index contributed by atoms with van der Waals surface area (Å²) in [5, 5.41) is 9.27. The zero-order valence-corrected chi connectivity index (χ0v) is 9.04. The SMILES string of the molecule is O=Cc1ccc(OCc2cccc(O)c2)cn1. The van der Waals surface area contributed by atoms with E-state index in [1.165, 1.54) is 6.20 Å². The van der Waals surface area contributed by atoms with Gasteiger partial charge in [-0.3, -0.25) is 4.79 Å². The lowest BCUT2D eigenvalue weighted by atomic mass is 10.2. The maximum absolute atomic E-state index is 10.4. The van der Waals surface area contributed by atoms with E-state index in [1.807, 2.05) is 6.07 Å². The molecular formula is C13H11NO3. The number of carbonyl (C=O) groups is 1. The third-order valence-corrected chi connectivity index (χ3v) is 2.20. The third-order valence-electron chi connectivity index (χ3n) is 2.20. The number of aldehydes is 1. The fourth-order valence-electron chi connectivity index (χ4n) is 1.36. The van der Waals surface area contributed by atoms with E-state index in [-0.39, 0.29) is 5.75 Å². The highest BCUT2D eigenvalue weighted by Gasteiger charge is 1.98. The molecule has 0 aliphatic rings. The van der Waals surface area contributed by atoms with Gasteiger partial charge in [0.05, 0.1) is 6.20 Å². The Hall–Kier alpha value is -2.36. The molecule has 86 valence electrons. The Morgan fingerprint density at radius 2 is 2.18 bits per heavy atom. The molecule has 0 spiro atoms. The van der Waals surface area contributed by atoms with Gasteiger partial charge in [0.25, 0.3) is 0 Å². The van der Waals surface area contributed by atoms with Crippen LogP contribution in [0.15, 0.2) is 42.6 Å². The van der Waals surface area contributed by atoms with Crippen LogP contribution in [0.5, 0.6) is 11.5 Å². The minimum Gasteiger partial charge on any atom is -0.508 e. The summed E-state index contributed by atoms with van der Waals surface area (Å²) in [5.74, 6) is 0.791. The molecule has 17 heavy (non-hydrogen) atoms. The van der Waals surface area contributed by atoms with Gasteiger partial charge in [0.1, 0.15) is 23.8 Å². The fraction of sp³-hybridized carbons (Fsp3) is 0.0769. The van der Waals surface area contributed by atoms with Crippen LogP contribution in [0.2, 0.25) is 0 Å². The molecule has 0 radical (unpaired) electrons. The molecule has 0 aliphatic carbocycles. The van der Waals surface area contributed by atoms with Gasteiger partial charge in [-0.25, -0.2) is 4.98 Å². The first-order valence-electron chi connectivity index (χ1n) is 5.10. The largest absolute Gasteiger partial charge is 0.508 e.